The number of halogens is 1. The van der Waals surface area contributed by atoms with Gasteiger partial charge in [0.2, 0.25) is 0 Å². The summed E-state index contributed by atoms with van der Waals surface area (Å²) in [5.74, 6) is -0.719. The quantitative estimate of drug-likeness (QED) is 0.821. The Morgan fingerprint density at radius 1 is 1.50 bits per heavy atom. The van der Waals surface area contributed by atoms with E-state index >= 15 is 0 Å². The second-order valence-electron chi connectivity index (χ2n) is 4.38. The topological polar surface area (TPSA) is 47.6 Å². The number of carbonyl (C=O) groups is 1. The molecule has 1 aromatic rings. The Kier molecular flexibility index (Phi) is 3.63. The first kappa shape index (κ1) is 13.0. The zero-order chi connectivity index (χ0) is 13.2. The van der Waals surface area contributed by atoms with Crippen molar-refractivity contribution >= 4 is 5.97 Å². The SMILES string of the molecule is CNC(c1ccccc1F)C1(C(=O)OC)COC1. The maximum absolute atomic E-state index is 13.9. The van der Waals surface area contributed by atoms with Gasteiger partial charge in [-0.3, -0.25) is 4.79 Å². The smallest absolute Gasteiger partial charge is 0.318 e. The van der Waals surface area contributed by atoms with Crippen LogP contribution in [0.1, 0.15) is 11.6 Å². The van der Waals surface area contributed by atoms with Gasteiger partial charge in [-0.05, 0) is 13.1 Å². The third-order valence-electron chi connectivity index (χ3n) is 3.37. The van der Waals surface area contributed by atoms with Gasteiger partial charge in [-0.1, -0.05) is 18.2 Å². The van der Waals surface area contributed by atoms with Crippen LogP contribution in [0.25, 0.3) is 0 Å². The van der Waals surface area contributed by atoms with Crippen molar-refractivity contribution in [1.29, 1.82) is 0 Å². The average Bonchev–Trinajstić information content (AvgIpc) is 2.34. The highest BCUT2D eigenvalue weighted by Gasteiger charge is 2.54. The normalized spacial score (nSPS) is 18.8. The fourth-order valence-corrected chi connectivity index (χ4v) is 2.37. The number of esters is 1. The van der Waals surface area contributed by atoms with Gasteiger partial charge in [0.05, 0.1) is 26.4 Å². The van der Waals surface area contributed by atoms with Gasteiger partial charge in [-0.15, -0.1) is 0 Å². The molecule has 18 heavy (non-hydrogen) atoms. The Balaban J connectivity index is 2.39. The van der Waals surface area contributed by atoms with Crippen LogP contribution in [0.5, 0.6) is 0 Å². The fraction of sp³-hybridized carbons (Fsp3) is 0.462. The predicted molar refractivity (Wildman–Crippen MR) is 63.5 cm³/mol. The molecule has 1 N–H and O–H groups in total. The molecule has 0 bridgehead atoms. The van der Waals surface area contributed by atoms with Crippen LogP contribution in [-0.4, -0.2) is 33.3 Å². The van der Waals surface area contributed by atoms with Crippen molar-refractivity contribution in [3.8, 4) is 0 Å². The Morgan fingerprint density at radius 2 is 2.17 bits per heavy atom. The lowest BCUT2D eigenvalue weighted by atomic mass is 9.75. The van der Waals surface area contributed by atoms with E-state index in [0.717, 1.165) is 0 Å². The number of hydrogen-bond donors (Lipinski definition) is 1. The van der Waals surface area contributed by atoms with Crippen LogP contribution < -0.4 is 5.32 Å². The van der Waals surface area contributed by atoms with E-state index in [0.29, 0.717) is 5.56 Å². The van der Waals surface area contributed by atoms with Crippen molar-refractivity contribution in [3.63, 3.8) is 0 Å². The van der Waals surface area contributed by atoms with E-state index in [4.69, 9.17) is 9.47 Å². The van der Waals surface area contributed by atoms with E-state index in [1.54, 1.807) is 25.2 Å². The molecule has 0 aliphatic carbocycles. The van der Waals surface area contributed by atoms with Gasteiger partial charge in [-0.25, -0.2) is 4.39 Å². The van der Waals surface area contributed by atoms with Gasteiger partial charge < -0.3 is 14.8 Å². The highest BCUT2D eigenvalue weighted by atomic mass is 19.1. The molecule has 1 aliphatic rings. The number of methoxy groups -OCH3 is 1. The summed E-state index contributed by atoms with van der Waals surface area (Å²) >= 11 is 0. The fourth-order valence-electron chi connectivity index (χ4n) is 2.37. The minimum Gasteiger partial charge on any atom is -0.468 e. The molecular weight excluding hydrogens is 237 g/mol. The largest absolute Gasteiger partial charge is 0.468 e. The summed E-state index contributed by atoms with van der Waals surface area (Å²) in [7, 11) is 3.02. The van der Waals surface area contributed by atoms with Crippen molar-refractivity contribution in [3.05, 3.63) is 35.6 Å². The number of ether oxygens (including phenoxy) is 2. The molecule has 0 amide bonds. The molecule has 2 rings (SSSR count). The van der Waals surface area contributed by atoms with E-state index in [-0.39, 0.29) is 25.0 Å². The first-order valence-electron chi connectivity index (χ1n) is 5.73. The lowest BCUT2D eigenvalue weighted by molar-refractivity contribution is -0.190. The molecule has 1 aromatic carbocycles. The molecule has 4 nitrogen and oxygen atoms in total. The predicted octanol–water partition coefficient (Wildman–Crippen LogP) is 1.28. The Morgan fingerprint density at radius 3 is 2.61 bits per heavy atom. The molecule has 1 heterocycles. The molecule has 0 aromatic heterocycles. The van der Waals surface area contributed by atoms with Crippen molar-refractivity contribution in [1.82, 2.24) is 5.32 Å². The monoisotopic (exact) mass is 253 g/mol. The van der Waals surface area contributed by atoms with Crippen LogP contribution in [0, 0.1) is 11.2 Å². The van der Waals surface area contributed by atoms with Crippen molar-refractivity contribution in [2.24, 2.45) is 5.41 Å². The van der Waals surface area contributed by atoms with Gasteiger partial charge >= 0.3 is 5.97 Å². The molecule has 0 saturated carbocycles. The summed E-state index contributed by atoms with van der Waals surface area (Å²) in [6.07, 6.45) is 0. The first-order valence-corrected chi connectivity index (χ1v) is 5.73. The molecule has 1 fully saturated rings. The minimum absolute atomic E-state index is 0.236. The minimum atomic E-state index is -0.842. The molecule has 5 heteroatoms. The zero-order valence-corrected chi connectivity index (χ0v) is 10.4. The van der Waals surface area contributed by atoms with E-state index < -0.39 is 11.5 Å². The lowest BCUT2D eigenvalue weighted by Gasteiger charge is -2.44. The third kappa shape index (κ3) is 1.89. The number of benzene rings is 1. The highest BCUT2D eigenvalue weighted by molar-refractivity contribution is 5.79. The highest BCUT2D eigenvalue weighted by Crippen LogP contribution is 2.42. The van der Waals surface area contributed by atoms with Crippen LogP contribution in [0.3, 0.4) is 0 Å². The van der Waals surface area contributed by atoms with Crippen molar-refractivity contribution in [2.75, 3.05) is 27.4 Å². The van der Waals surface area contributed by atoms with Gasteiger partial charge in [0.25, 0.3) is 0 Å². The van der Waals surface area contributed by atoms with E-state index in [9.17, 15) is 9.18 Å². The van der Waals surface area contributed by atoms with Crippen molar-refractivity contribution in [2.45, 2.75) is 6.04 Å². The number of nitrogens with one attached hydrogen (secondary N) is 1. The van der Waals surface area contributed by atoms with E-state index in [1.807, 2.05) is 0 Å². The summed E-state index contributed by atoms with van der Waals surface area (Å²) in [6.45, 7) is 0.471. The van der Waals surface area contributed by atoms with Crippen LogP contribution >= 0.6 is 0 Å². The molecule has 0 spiro atoms. The second-order valence-corrected chi connectivity index (χ2v) is 4.38. The van der Waals surface area contributed by atoms with Gasteiger partial charge in [0, 0.05) is 5.56 Å². The molecule has 1 unspecified atom stereocenters. The maximum Gasteiger partial charge on any atom is 0.318 e. The lowest BCUT2D eigenvalue weighted by Crippen LogP contribution is -2.57. The average molecular weight is 253 g/mol. The number of carbonyl (C=O) groups excluding carboxylic acids is 1. The summed E-state index contributed by atoms with van der Waals surface area (Å²) < 4.78 is 23.8. The standard InChI is InChI=1S/C13H16FNO3/c1-15-11(9-5-3-4-6-10(9)14)13(7-18-8-13)12(16)17-2/h3-6,11,15H,7-8H2,1-2H3. The zero-order valence-electron chi connectivity index (χ0n) is 10.4. The van der Waals surface area contributed by atoms with Crippen LogP contribution in [0.15, 0.2) is 24.3 Å². The molecule has 98 valence electrons. The second kappa shape index (κ2) is 5.04. The van der Waals surface area contributed by atoms with E-state index in [1.165, 1.54) is 13.2 Å². The van der Waals surface area contributed by atoms with Gasteiger partial charge in [0.1, 0.15) is 11.2 Å². The molecule has 1 saturated heterocycles. The first-order chi connectivity index (χ1) is 8.65. The van der Waals surface area contributed by atoms with E-state index in [2.05, 4.69) is 5.32 Å². The van der Waals surface area contributed by atoms with Gasteiger partial charge in [-0.2, -0.15) is 0 Å². The Hall–Kier alpha value is -1.46. The summed E-state index contributed by atoms with van der Waals surface area (Å²) in [6, 6.07) is 5.95. The van der Waals surface area contributed by atoms with Crippen LogP contribution in [-0.2, 0) is 14.3 Å². The Bertz CT molecular complexity index is 446. The third-order valence-corrected chi connectivity index (χ3v) is 3.37. The maximum atomic E-state index is 13.9. The molecule has 1 aliphatic heterocycles. The van der Waals surface area contributed by atoms with Crippen LogP contribution in [0.4, 0.5) is 4.39 Å². The number of rotatable bonds is 4. The molecule has 1 atom stereocenters. The van der Waals surface area contributed by atoms with Gasteiger partial charge in [0.15, 0.2) is 0 Å². The summed E-state index contributed by atoms with van der Waals surface area (Å²) in [4.78, 5) is 11.9. The summed E-state index contributed by atoms with van der Waals surface area (Å²) in [5, 5.41) is 3.00. The molecule has 0 radical (unpaired) electrons. The number of hydrogen-bond acceptors (Lipinski definition) is 4. The Labute approximate surface area is 105 Å². The molecular formula is C13H16FNO3. The summed E-state index contributed by atoms with van der Waals surface area (Å²) in [5.41, 5.74) is -0.389. The van der Waals surface area contributed by atoms with Crippen molar-refractivity contribution < 1.29 is 18.7 Å². The van der Waals surface area contributed by atoms with Crippen LogP contribution in [0.2, 0.25) is 0 Å².